The van der Waals surface area contributed by atoms with Gasteiger partial charge < -0.3 is 19.5 Å². The van der Waals surface area contributed by atoms with Crippen LogP contribution in [0.2, 0.25) is 5.02 Å². The molecule has 0 aliphatic carbocycles. The third-order valence-electron chi connectivity index (χ3n) is 4.93. The number of hydrogen-bond acceptors (Lipinski definition) is 4. The van der Waals surface area contributed by atoms with Gasteiger partial charge in [-0.1, -0.05) is 11.6 Å². The first-order valence-electron chi connectivity index (χ1n) is 9.08. The van der Waals surface area contributed by atoms with Crippen molar-refractivity contribution in [1.29, 1.82) is 0 Å². The Kier molecular flexibility index (Phi) is 5.48. The number of halogens is 1. The summed E-state index contributed by atoms with van der Waals surface area (Å²) in [4.78, 5) is 18.0. The topological polar surface area (TPSA) is 70.5 Å². The Bertz CT molecular complexity index is 900. The molecule has 4 rings (SSSR count). The first kappa shape index (κ1) is 18.1. The zero-order valence-electron chi connectivity index (χ0n) is 14.9. The van der Waals surface area contributed by atoms with Gasteiger partial charge >= 0.3 is 0 Å². The predicted octanol–water partition coefficient (Wildman–Crippen LogP) is 3.15. The lowest BCUT2D eigenvalue weighted by Crippen LogP contribution is -2.43. The molecule has 1 amide bonds. The largest absolute Gasteiger partial charge is 0.468 e. The molecule has 1 unspecified atom stereocenters. The summed E-state index contributed by atoms with van der Waals surface area (Å²) in [5.41, 5.74) is 1.91. The van der Waals surface area contributed by atoms with E-state index < -0.39 is 0 Å². The van der Waals surface area contributed by atoms with Crippen LogP contribution in [0.5, 0.6) is 0 Å². The van der Waals surface area contributed by atoms with Gasteiger partial charge in [-0.2, -0.15) is 0 Å². The molecular formula is C20H22ClN3O3. The maximum Gasteiger partial charge on any atom is 0.224 e. The van der Waals surface area contributed by atoms with E-state index in [1.54, 1.807) is 6.26 Å². The number of hydrogen-bond donors (Lipinski definition) is 2. The number of morpholine rings is 1. The van der Waals surface area contributed by atoms with Crippen LogP contribution in [0.3, 0.4) is 0 Å². The minimum Gasteiger partial charge on any atom is -0.468 e. The van der Waals surface area contributed by atoms with E-state index in [0.717, 1.165) is 35.3 Å². The van der Waals surface area contributed by atoms with E-state index in [0.29, 0.717) is 31.2 Å². The van der Waals surface area contributed by atoms with Crippen LogP contribution in [0.1, 0.15) is 17.4 Å². The van der Waals surface area contributed by atoms with Crippen molar-refractivity contribution in [3.8, 4) is 0 Å². The number of nitrogens with one attached hydrogen (secondary N) is 2. The first-order chi connectivity index (χ1) is 13.2. The van der Waals surface area contributed by atoms with Gasteiger partial charge in [0.1, 0.15) is 5.76 Å². The highest BCUT2D eigenvalue weighted by molar-refractivity contribution is 6.31. The Morgan fingerprint density at radius 1 is 1.30 bits per heavy atom. The number of carbonyl (C=O) groups excluding carboxylic acids is 1. The number of rotatable bonds is 6. The number of nitrogens with zero attached hydrogens (tertiary/aromatic N) is 1. The van der Waals surface area contributed by atoms with E-state index in [4.69, 9.17) is 20.8 Å². The molecule has 1 saturated heterocycles. The van der Waals surface area contributed by atoms with Gasteiger partial charge in [0, 0.05) is 41.8 Å². The number of amides is 1. The molecule has 0 radical (unpaired) electrons. The lowest BCUT2D eigenvalue weighted by molar-refractivity contribution is -0.120. The van der Waals surface area contributed by atoms with Gasteiger partial charge in [0.2, 0.25) is 5.91 Å². The molecular weight excluding hydrogens is 366 g/mol. The second kappa shape index (κ2) is 8.17. The average molecular weight is 388 g/mol. The maximum absolute atomic E-state index is 12.6. The average Bonchev–Trinajstić information content (AvgIpc) is 3.34. The van der Waals surface area contributed by atoms with Crippen LogP contribution in [-0.2, 0) is 16.0 Å². The zero-order chi connectivity index (χ0) is 18.6. The van der Waals surface area contributed by atoms with E-state index in [-0.39, 0.29) is 11.9 Å². The summed E-state index contributed by atoms with van der Waals surface area (Å²) in [7, 11) is 0. The Morgan fingerprint density at radius 3 is 2.93 bits per heavy atom. The number of furan rings is 1. The van der Waals surface area contributed by atoms with Crippen LogP contribution in [0, 0.1) is 0 Å². The second-order valence-corrected chi connectivity index (χ2v) is 7.10. The maximum atomic E-state index is 12.6. The molecule has 0 spiro atoms. The van der Waals surface area contributed by atoms with Gasteiger partial charge in [0.05, 0.1) is 31.9 Å². The molecule has 1 aromatic carbocycles. The molecule has 2 aromatic heterocycles. The molecule has 7 heteroatoms. The van der Waals surface area contributed by atoms with Gasteiger partial charge in [0.25, 0.3) is 0 Å². The molecule has 0 bridgehead atoms. The normalized spacial score (nSPS) is 16.5. The fraction of sp³-hybridized carbons (Fsp3) is 0.350. The van der Waals surface area contributed by atoms with Gasteiger partial charge in [-0.25, -0.2) is 0 Å². The predicted molar refractivity (Wildman–Crippen MR) is 104 cm³/mol. The van der Waals surface area contributed by atoms with Crippen molar-refractivity contribution in [2.75, 3.05) is 32.8 Å². The quantitative estimate of drug-likeness (QED) is 0.681. The highest BCUT2D eigenvalue weighted by atomic mass is 35.5. The van der Waals surface area contributed by atoms with Crippen LogP contribution in [0.15, 0.2) is 47.2 Å². The molecule has 6 nitrogen and oxygen atoms in total. The lowest BCUT2D eigenvalue weighted by Gasteiger charge is -2.33. The standard InChI is InChI=1S/C20H22ClN3O3/c21-15-3-4-17-16(11-15)14(12-22-17)10-20(25)23-13-18(19-2-1-7-27-19)24-5-8-26-9-6-24/h1-4,7,11-12,18,22H,5-6,8-10,13H2,(H,23,25). The third-order valence-corrected chi connectivity index (χ3v) is 5.17. The van der Waals surface area contributed by atoms with Gasteiger partial charge in [-0.05, 0) is 35.9 Å². The molecule has 142 valence electrons. The van der Waals surface area contributed by atoms with E-state index in [9.17, 15) is 4.79 Å². The number of carbonyl (C=O) groups is 1. The minimum absolute atomic E-state index is 0.00487. The Hall–Kier alpha value is -2.28. The van der Waals surface area contributed by atoms with Crippen LogP contribution >= 0.6 is 11.6 Å². The number of fused-ring (bicyclic) bond motifs is 1. The monoisotopic (exact) mass is 387 g/mol. The molecule has 1 atom stereocenters. The smallest absolute Gasteiger partial charge is 0.224 e. The number of H-pyrrole nitrogens is 1. The van der Waals surface area contributed by atoms with E-state index in [2.05, 4.69) is 15.2 Å². The van der Waals surface area contributed by atoms with Crippen LogP contribution in [0.4, 0.5) is 0 Å². The van der Waals surface area contributed by atoms with Crippen molar-refractivity contribution >= 4 is 28.4 Å². The van der Waals surface area contributed by atoms with Crippen molar-refractivity contribution in [2.45, 2.75) is 12.5 Å². The van der Waals surface area contributed by atoms with Crippen molar-refractivity contribution in [3.05, 3.63) is 59.1 Å². The Balaban J connectivity index is 1.42. The number of aromatic nitrogens is 1. The van der Waals surface area contributed by atoms with Crippen molar-refractivity contribution < 1.29 is 13.9 Å². The van der Waals surface area contributed by atoms with Crippen LogP contribution < -0.4 is 5.32 Å². The van der Waals surface area contributed by atoms with E-state index in [1.807, 2.05) is 36.5 Å². The molecule has 3 aromatic rings. The summed E-state index contributed by atoms with van der Waals surface area (Å²) in [5.74, 6) is 0.830. The lowest BCUT2D eigenvalue weighted by atomic mass is 10.1. The second-order valence-electron chi connectivity index (χ2n) is 6.66. The molecule has 1 fully saturated rings. The molecule has 2 N–H and O–H groups in total. The Labute approximate surface area is 162 Å². The highest BCUT2D eigenvalue weighted by Crippen LogP contribution is 2.24. The fourth-order valence-electron chi connectivity index (χ4n) is 3.52. The SMILES string of the molecule is O=C(Cc1c[nH]c2ccc(Cl)cc12)NCC(c1ccco1)N1CCOCC1. The third kappa shape index (κ3) is 4.18. The molecule has 1 aliphatic heterocycles. The first-order valence-corrected chi connectivity index (χ1v) is 9.46. The number of benzene rings is 1. The molecule has 0 saturated carbocycles. The van der Waals surface area contributed by atoms with Crippen LogP contribution in [-0.4, -0.2) is 48.6 Å². The van der Waals surface area contributed by atoms with E-state index >= 15 is 0 Å². The van der Waals surface area contributed by atoms with E-state index in [1.165, 1.54) is 0 Å². The van der Waals surface area contributed by atoms with Gasteiger partial charge in [-0.3, -0.25) is 9.69 Å². The summed E-state index contributed by atoms with van der Waals surface area (Å²) < 4.78 is 11.0. The number of ether oxygens (including phenoxy) is 1. The molecule has 1 aliphatic rings. The summed E-state index contributed by atoms with van der Waals surface area (Å²) in [5, 5.41) is 4.70. The summed E-state index contributed by atoms with van der Waals surface area (Å²) in [6.07, 6.45) is 3.83. The number of aromatic amines is 1. The Morgan fingerprint density at radius 2 is 2.15 bits per heavy atom. The summed E-state index contributed by atoms with van der Waals surface area (Å²) in [6.45, 7) is 3.53. The summed E-state index contributed by atoms with van der Waals surface area (Å²) in [6, 6.07) is 9.47. The van der Waals surface area contributed by atoms with Gasteiger partial charge in [-0.15, -0.1) is 0 Å². The van der Waals surface area contributed by atoms with Crippen molar-refractivity contribution in [2.24, 2.45) is 0 Å². The molecule has 3 heterocycles. The van der Waals surface area contributed by atoms with Crippen molar-refractivity contribution in [1.82, 2.24) is 15.2 Å². The summed E-state index contributed by atoms with van der Waals surface area (Å²) >= 11 is 6.09. The van der Waals surface area contributed by atoms with Gasteiger partial charge in [0.15, 0.2) is 0 Å². The minimum atomic E-state index is -0.0271. The highest BCUT2D eigenvalue weighted by Gasteiger charge is 2.25. The van der Waals surface area contributed by atoms with Crippen molar-refractivity contribution in [3.63, 3.8) is 0 Å². The van der Waals surface area contributed by atoms with Crippen LogP contribution in [0.25, 0.3) is 10.9 Å². The zero-order valence-corrected chi connectivity index (χ0v) is 15.7. The molecule has 27 heavy (non-hydrogen) atoms. The fourth-order valence-corrected chi connectivity index (χ4v) is 3.69.